The minimum atomic E-state index is 0.394. The molecule has 4 rings (SSSR count). The number of aryl methyl sites for hydroxylation is 1. The Kier molecular flexibility index (Phi) is 4.50. The van der Waals surface area contributed by atoms with Gasteiger partial charge in [-0.2, -0.15) is 0 Å². The van der Waals surface area contributed by atoms with Gasteiger partial charge in [-0.3, -0.25) is 9.88 Å². The number of halogens is 1. The Morgan fingerprint density at radius 2 is 2.25 bits per heavy atom. The summed E-state index contributed by atoms with van der Waals surface area (Å²) in [7, 11) is 0. The highest BCUT2D eigenvalue weighted by Gasteiger charge is 2.27. The van der Waals surface area contributed by atoms with Gasteiger partial charge in [0.2, 0.25) is 0 Å². The monoisotopic (exact) mass is 340 g/mol. The Balaban J connectivity index is 1.43. The summed E-state index contributed by atoms with van der Waals surface area (Å²) >= 11 is 6.08. The van der Waals surface area contributed by atoms with Gasteiger partial charge in [-0.1, -0.05) is 17.7 Å². The van der Waals surface area contributed by atoms with Crippen LogP contribution in [0.2, 0.25) is 5.02 Å². The number of H-pyrrole nitrogens is 1. The second-order valence-electron chi connectivity index (χ2n) is 6.44. The van der Waals surface area contributed by atoms with Crippen molar-refractivity contribution in [2.75, 3.05) is 13.1 Å². The number of imidazole rings is 1. The third kappa shape index (κ3) is 3.30. The van der Waals surface area contributed by atoms with E-state index in [4.69, 9.17) is 16.6 Å². The summed E-state index contributed by atoms with van der Waals surface area (Å²) in [6, 6.07) is 10.4. The lowest BCUT2D eigenvalue weighted by atomic mass is 10.1. The first-order chi connectivity index (χ1) is 11.8. The van der Waals surface area contributed by atoms with Gasteiger partial charge < -0.3 is 4.98 Å². The zero-order chi connectivity index (χ0) is 16.4. The van der Waals surface area contributed by atoms with E-state index in [1.807, 2.05) is 36.7 Å². The molecule has 0 spiro atoms. The van der Waals surface area contributed by atoms with E-state index in [-0.39, 0.29) is 0 Å². The highest BCUT2D eigenvalue weighted by Crippen LogP contribution is 2.32. The molecule has 1 aliphatic heterocycles. The van der Waals surface area contributed by atoms with Crippen LogP contribution in [0.4, 0.5) is 0 Å². The van der Waals surface area contributed by atoms with Crippen LogP contribution in [0.25, 0.3) is 11.0 Å². The molecule has 24 heavy (non-hydrogen) atoms. The summed E-state index contributed by atoms with van der Waals surface area (Å²) in [6.07, 6.45) is 8.41. The summed E-state index contributed by atoms with van der Waals surface area (Å²) in [5.74, 6) is 1.08. The number of nitrogens with zero attached hydrogens (tertiary/aromatic N) is 3. The second-order valence-corrected chi connectivity index (χ2v) is 6.88. The van der Waals surface area contributed by atoms with E-state index in [1.165, 1.54) is 18.4 Å². The van der Waals surface area contributed by atoms with E-state index < -0.39 is 0 Å². The molecule has 1 fully saturated rings. The second kappa shape index (κ2) is 6.91. The molecule has 5 heteroatoms. The SMILES string of the molecule is Clc1ccc2nc(C3CCCN3CCCc3cccnc3)[nH]c2c1. The molecule has 4 nitrogen and oxygen atoms in total. The Morgan fingerprint density at radius 3 is 3.12 bits per heavy atom. The maximum atomic E-state index is 6.08. The summed E-state index contributed by atoms with van der Waals surface area (Å²) in [4.78, 5) is 15.0. The van der Waals surface area contributed by atoms with Crippen LogP contribution in [0, 0.1) is 0 Å². The Morgan fingerprint density at radius 1 is 1.29 bits per heavy atom. The summed E-state index contributed by atoms with van der Waals surface area (Å²) < 4.78 is 0. The number of pyridine rings is 1. The molecule has 124 valence electrons. The molecule has 2 aromatic heterocycles. The Labute approximate surface area is 146 Å². The van der Waals surface area contributed by atoms with Gasteiger partial charge in [0, 0.05) is 17.4 Å². The number of hydrogen-bond acceptors (Lipinski definition) is 3. The average molecular weight is 341 g/mol. The van der Waals surface area contributed by atoms with Crippen molar-refractivity contribution in [2.45, 2.75) is 31.7 Å². The van der Waals surface area contributed by atoms with Crippen molar-refractivity contribution in [3.8, 4) is 0 Å². The number of aromatic nitrogens is 3. The zero-order valence-electron chi connectivity index (χ0n) is 13.6. The predicted octanol–water partition coefficient (Wildman–Crippen LogP) is 4.38. The number of nitrogens with one attached hydrogen (secondary N) is 1. The molecule has 1 atom stereocenters. The van der Waals surface area contributed by atoms with Crippen LogP contribution in [0.15, 0.2) is 42.7 Å². The third-order valence-electron chi connectivity index (χ3n) is 4.78. The largest absolute Gasteiger partial charge is 0.341 e. The Hall–Kier alpha value is -1.91. The van der Waals surface area contributed by atoms with E-state index in [0.717, 1.165) is 47.8 Å². The minimum Gasteiger partial charge on any atom is -0.341 e. The smallest absolute Gasteiger partial charge is 0.124 e. The van der Waals surface area contributed by atoms with Crippen molar-refractivity contribution in [1.29, 1.82) is 0 Å². The molecule has 0 aliphatic carbocycles. The number of hydrogen-bond donors (Lipinski definition) is 1. The van der Waals surface area contributed by atoms with Gasteiger partial charge in [0.05, 0.1) is 17.1 Å². The summed E-state index contributed by atoms with van der Waals surface area (Å²) in [6.45, 7) is 2.24. The van der Waals surface area contributed by atoms with Crippen molar-refractivity contribution in [2.24, 2.45) is 0 Å². The minimum absolute atomic E-state index is 0.394. The highest BCUT2D eigenvalue weighted by atomic mass is 35.5. The van der Waals surface area contributed by atoms with Crippen LogP contribution in [0.3, 0.4) is 0 Å². The van der Waals surface area contributed by atoms with Gasteiger partial charge in [0.15, 0.2) is 0 Å². The summed E-state index contributed by atoms with van der Waals surface area (Å²) in [5.41, 5.74) is 3.34. The predicted molar refractivity (Wildman–Crippen MR) is 97.2 cm³/mol. The first-order valence-corrected chi connectivity index (χ1v) is 8.95. The molecule has 1 unspecified atom stereocenters. The van der Waals surface area contributed by atoms with Crippen LogP contribution < -0.4 is 0 Å². The number of benzene rings is 1. The van der Waals surface area contributed by atoms with Crippen LogP contribution in [0.1, 0.15) is 36.7 Å². The van der Waals surface area contributed by atoms with Gasteiger partial charge in [-0.25, -0.2) is 4.98 Å². The van der Waals surface area contributed by atoms with Crippen LogP contribution >= 0.6 is 11.6 Å². The number of fused-ring (bicyclic) bond motifs is 1. The average Bonchev–Trinajstić information content (AvgIpc) is 3.21. The molecule has 0 bridgehead atoms. The molecule has 1 aromatic carbocycles. The normalized spacial score (nSPS) is 18.5. The molecule has 3 heterocycles. The fraction of sp³-hybridized carbons (Fsp3) is 0.368. The van der Waals surface area contributed by atoms with Gasteiger partial charge in [0.25, 0.3) is 0 Å². The zero-order valence-corrected chi connectivity index (χ0v) is 14.3. The third-order valence-corrected chi connectivity index (χ3v) is 5.01. The molecule has 1 aliphatic rings. The molecular weight excluding hydrogens is 320 g/mol. The van der Waals surface area contributed by atoms with Crippen molar-refractivity contribution in [3.63, 3.8) is 0 Å². The maximum absolute atomic E-state index is 6.08. The lowest BCUT2D eigenvalue weighted by Crippen LogP contribution is -2.25. The molecule has 0 radical (unpaired) electrons. The van der Waals surface area contributed by atoms with Gasteiger partial charge in [-0.05, 0) is 68.6 Å². The molecular formula is C19H21ClN4. The lowest BCUT2D eigenvalue weighted by Gasteiger charge is -2.22. The van der Waals surface area contributed by atoms with Crippen LogP contribution in [-0.2, 0) is 6.42 Å². The first-order valence-electron chi connectivity index (χ1n) is 8.58. The molecule has 1 N–H and O–H groups in total. The number of rotatable bonds is 5. The number of aromatic amines is 1. The van der Waals surface area contributed by atoms with Crippen molar-refractivity contribution in [1.82, 2.24) is 19.9 Å². The molecule has 1 saturated heterocycles. The van der Waals surface area contributed by atoms with Crippen molar-refractivity contribution >= 4 is 22.6 Å². The van der Waals surface area contributed by atoms with Gasteiger partial charge in [0.1, 0.15) is 5.82 Å². The first kappa shape index (κ1) is 15.6. The van der Waals surface area contributed by atoms with Gasteiger partial charge >= 0.3 is 0 Å². The molecule has 0 amide bonds. The van der Waals surface area contributed by atoms with Gasteiger partial charge in [-0.15, -0.1) is 0 Å². The van der Waals surface area contributed by atoms with E-state index in [1.54, 1.807) is 0 Å². The lowest BCUT2D eigenvalue weighted by molar-refractivity contribution is 0.247. The number of likely N-dealkylation sites (tertiary alicyclic amines) is 1. The highest BCUT2D eigenvalue weighted by molar-refractivity contribution is 6.31. The van der Waals surface area contributed by atoms with Crippen molar-refractivity contribution < 1.29 is 0 Å². The Bertz CT molecular complexity index is 815. The fourth-order valence-corrected chi connectivity index (χ4v) is 3.77. The van der Waals surface area contributed by atoms with Crippen LogP contribution in [-0.4, -0.2) is 32.9 Å². The van der Waals surface area contributed by atoms with E-state index >= 15 is 0 Å². The van der Waals surface area contributed by atoms with E-state index in [9.17, 15) is 0 Å². The summed E-state index contributed by atoms with van der Waals surface area (Å²) in [5, 5.41) is 0.748. The van der Waals surface area contributed by atoms with Crippen LogP contribution in [0.5, 0.6) is 0 Å². The quantitative estimate of drug-likeness (QED) is 0.749. The molecule has 3 aromatic rings. The maximum Gasteiger partial charge on any atom is 0.124 e. The molecule has 0 saturated carbocycles. The standard InChI is InChI=1S/C19H21ClN4/c20-15-7-8-16-17(12-15)23-19(22-16)18-6-3-11-24(18)10-2-5-14-4-1-9-21-13-14/h1,4,7-9,12-13,18H,2-3,5-6,10-11H2,(H,22,23). The fourth-order valence-electron chi connectivity index (χ4n) is 3.60. The van der Waals surface area contributed by atoms with Crippen molar-refractivity contribution in [3.05, 3.63) is 59.1 Å². The topological polar surface area (TPSA) is 44.8 Å². The van der Waals surface area contributed by atoms with E-state index in [0.29, 0.717) is 6.04 Å². The van der Waals surface area contributed by atoms with E-state index in [2.05, 4.69) is 20.9 Å².